The molecular formula is C84H107B3Br3IN12O12. The number of carbonyl (C=O) groups excluding carboxylic acids is 2. The van der Waals surface area contributed by atoms with Crippen molar-refractivity contribution in [1.29, 1.82) is 0 Å². The number of rotatable bonds is 19. The van der Waals surface area contributed by atoms with Crippen molar-refractivity contribution in [3.05, 3.63) is 187 Å². The number of ketones is 2. The number of halogens is 4. The molecule has 0 radical (unpaired) electrons. The first-order chi connectivity index (χ1) is 53.9. The van der Waals surface area contributed by atoms with Gasteiger partial charge in [-0.05, 0) is 270 Å². The van der Waals surface area contributed by atoms with E-state index >= 15 is 0 Å². The van der Waals surface area contributed by atoms with Gasteiger partial charge in [-0.15, -0.1) is 24.0 Å². The summed E-state index contributed by atoms with van der Waals surface area (Å²) in [4.78, 5) is 54.0. The second kappa shape index (κ2) is 40.5. The van der Waals surface area contributed by atoms with Gasteiger partial charge in [-0.3, -0.25) is 9.59 Å². The molecule has 5 N–H and O–H groups in total. The van der Waals surface area contributed by atoms with Crippen molar-refractivity contribution in [3.63, 3.8) is 0 Å². The number of hydrogen-bond acceptors (Lipinski definition) is 24. The molecule has 3 saturated heterocycles. The minimum Gasteiger partial charge on any atom is -0.478 e. The SMILES string of the molecule is CC1(C)OB(B2OC(C)(C)C(C)(C)O2)OC1(C)C.CCOc1ccc(Br)cn1.CCOc1ccc(Nc2cc(C)c(-c3ccc(NC)c4c3CCC4=O)cn2)cn1.CCOc1ccc(Nc2cc(C)c(B3OC(C)(C)C(C)(C)O3)cn2)cn1.CCOc1ccc(Nc2cc(C)c(Br)cn2)cn1.CNc1ccc(Br)c2c1C(=O)CC2.I. The Balaban J connectivity index is 0.000000178. The van der Waals surface area contributed by atoms with E-state index in [1.165, 1.54) is 0 Å². The van der Waals surface area contributed by atoms with Gasteiger partial charge in [0.15, 0.2) is 11.6 Å². The maximum absolute atomic E-state index is 12.4. The molecule has 0 bridgehead atoms. The van der Waals surface area contributed by atoms with Crippen LogP contribution in [0.5, 0.6) is 23.5 Å². The largest absolute Gasteiger partial charge is 0.496 e. The fraction of sp³-hybridized carbons (Fsp3) is 0.417. The van der Waals surface area contributed by atoms with Gasteiger partial charge in [0.05, 0.1) is 95.7 Å². The van der Waals surface area contributed by atoms with Gasteiger partial charge in [-0.25, -0.2) is 34.9 Å². The molecule has 10 heterocycles. The highest BCUT2D eigenvalue weighted by Crippen LogP contribution is 2.44. The van der Waals surface area contributed by atoms with Crippen LogP contribution in [0, 0.1) is 20.8 Å². The third-order valence-electron chi connectivity index (χ3n) is 20.6. The number of aryl methyl sites for hydroxylation is 3. The van der Waals surface area contributed by atoms with Gasteiger partial charge in [0.1, 0.15) is 17.5 Å². The predicted molar refractivity (Wildman–Crippen MR) is 481 cm³/mol. The molecule has 5 aliphatic rings. The molecule has 0 spiro atoms. The highest BCUT2D eigenvalue weighted by molar-refractivity contribution is 14.0. The summed E-state index contributed by atoms with van der Waals surface area (Å²) in [5.74, 6) is 5.25. The van der Waals surface area contributed by atoms with Crippen LogP contribution in [0.1, 0.15) is 172 Å². The number of ether oxygens (including phenoxy) is 4. The van der Waals surface area contributed by atoms with E-state index in [1.54, 1.807) is 31.0 Å². The molecule has 2 aromatic carbocycles. The molecule has 0 saturated carbocycles. The van der Waals surface area contributed by atoms with Crippen LogP contribution in [0.25, 0.3) is 11.1 Å². The van der Waals surface area contributed by atoms with Crippen LogP contribution in [0.15, 0.2) is 148 Å². The Morgan fingerprint density at radius 2 is 0.757 bits per heavy atom. The van der Waals surface area contributed by atoms with Crippen molar-refractivity contribution in [2.24, 2.45) is 0 Å². The fourth-order valence-electron chi connectivity index (χ4n) is 12.3. The summed E-state index contributed by atoms with van der Waals surface area (Å²) in [6.45, 7) is 40.7. The van der Waals surface area contributed by atoms with Gasteiger partial charge in [0.2, 0.25) is 23.5 Å². The van der Waals surface area contributed by atoms with Crippen molar-refractivity contribution in [1.82, 2.24) is 34.9 Å². The van der Waals surface area contributed by atoms with Crippen molar-refractivity contribution in [2.75, 3.05) is 67.1 Å². The molecule has 0 amide bonds. The standard InChI is InChI=1S/C23H24N4O2.C19H26BN3O3.C13H14BrN3O.C12H24B2O4.C10H10BrNO.C7H8BrNO.HI/c1-4-29-22-10-5-15(12-26-22)27-21-11-14(2)18(13-25-21)16-6-8-19(24-3)23-17(16)7-9-20(23)28;1-7-24-17-9-8-14(11-22-17)23-16-10-13(2)15(12-21-16)20-25-18(3,4)19(5,6)26-20;1-3-18-13-5-4-10(7-16-13)17-12-6-9(2)11(14)8-15-12;1-9(2)10(3,4)16-13(15-9)14-17-11(5,6)12(7,8)18-14;1-12-8-4-3-7(11)6-2-5-9(13)10(6)8;1-2-10-7-4-3-6(8)5-9-7;/h5-6,8,10-13,24H,4,7,9H2,1-3H3,(H,25,27);8-12H,7H2,1-6H3,(H,21,23);4-8H,3H2,1-2H3,(H,15,17);1-8H3;3-4,12H,2,5H2,1H3;3-5H,2H2,1H3;1H. The van der Waals surface area contributed by atoms with Crippen LogP contribution in [-0.4, -0.2) is 142 Å². The first kappa shape index (κ1) is 92.7. The first-order valence-corrected chi connectivity index (χ1v) is 40.7. The van der Waals surface area contributed by atoms with Crippen molar-refractivity contribution in [3.8, 4) is 34.6 Å². The van der Waals surface area contributed by atoms with E-state index in [-0.39, 0.29) is 69.1 Å². The summed E-state index contributed by atoms with van der Waals surface area (Å²) in [6.07, 6.45) is 15.2. The van der Waals surface area contributed by atoms with E-state index < -0.39 is 21.1 Å². The van der Waals surface area contributed by atoms with E-state index in [2.05, 4.69) is 122 Å². The van der Waals surface area contributed by atoms with E-state index in [4.69, 9.17) is 46.9 Å². The lowest BCUT2D eigenvalue weighted by Crippen LogP contribution is -2.41. The highest BCUT2D eigenvalue weighted by atomic mass is 127. The summed E-state index contributed by atoms with van der Waals surface area (Å²) < 4.78 is 60.2. The molecule has 115 heavy (non-hydrogen) atoms. The van der Waals surface area contributed by atoms with Crippen LogP contribution in [0.2, 0.25) is 0 Å². The quantitative estimate of drug-likeness (QED) is 0.0372. The molecule has 0 unspecified atom stereocenters. The van der Waals surface area contributed by atoms with Gasteiger partial charge >= 0.3 is 21.1 Å². The number of aromatic nitrogens is 7. The lowest BCUT2D eigenvalue weighted by molar-refractivity contribution is 0.00578. The van der Waals surface area contributed by atoms with Crippen molar-refractivity contribution < 1.29 is 56.5 Å². The van der Waals surface area contributed by atoms with Crippen LogP contribution in [0.4, 0.5) is 45.9 Å². The van der Waals surface area contributed by atoms with Crippen molar-refractivity contribution >= 4 is 156 Å². The molecule has 0 atom stereocenters. The van der Waals surface area contributed by atoms with Gasteiger partial charge in [-0.1, -0.05) is 22.0 Å². The van der Waals surface area contributed by atoms with Gasteiger partial charge in [0, 0.05) is 123 Å². The second-order valence-corrected chi connectivity index (χ2v) is 33.0. The number of hydrogen-bond donors (Lipinski definition) is 5. The van der Waals surface area contributed by atoms with Gasteiger partial charge < -0.3 is 73.5 Å². The Hall–Kier alpha value is -7.85. The molecule has 3 fully saturated rings. The summed E-state index contributed by atoms with van der Waals surface area (Å²) in [5.41, 5.74) is 12.6. The van der Waals surface area contributed by atoms with Crippen molar-refractivity contribution in [2.45, 2.75) is 191 Å². The average molecular weight is 1880 g/mol. The molecule has 14 rings (SSSR count). The van der Waals surface area contributed by atoms with E-state index in [1.807, 2.05) is 236 Å². The summed E-state index contributed by atoms with van der Waals surface area (Å²) >= 11 is 10.2. The molecule has 31 heteroatoms. The van der Waals surface area contributed by atoms with E-state index in [9.17, 15) is 9.59 Å². The zero-order chi connectivity index (χ0) is 83.1. The average Bonchev–Trinajstić information content (AvgIpc) is 1.61. The topological polar surface area (TPSA) is 277 Å². The summed E-state index contributed by atoms with van der Waals surface area (Å²) in [5, 5.41) is 15.9. The summed E-state index contributed by atoms with van der Waals surface area (Å²) in [6, 6.07) is 28.9. The number of anilines is 8. The molecule has 24 nitrogen and oxygen atoms in total. The summed E-state index contributed by atoms with van der Waals surface area (Å²) in [7, 11) is 2.33. The number of carbonyl (C=O) groups is 2. The number of fused-ring (bicyclic) bond motifs is 2. The maximum Gasteiger partial charge on any atom is 0.496 e. The van der Waals surface area contributed by atoms with E-state index in [0.717, 1.165) is 128 Å². The monoisotopic (exact) mass is 1870 g/mol. The zero-order valence-electron chi connectivity index (χ0n) is 69.7. The lowest BCUT2D eigenvalue weighted by Gasteiger charge is -2.32. The molecular weight excluding hydrogens is 1770 g/mol. The Labute approximate surface area is 721 Å². The zero-order valence-corrected chi connectivity index (χ0v) is 76.8. The number of nitrogens with zero attached hydrogens (tertiary/aromatic N) is 7. The van der Waals surface area contributed by atoms with Gasteiger partial charge in [0.25, 0.3) is 0 Å². The third-order valence-corrected chi connectivity index (χ3v) is 22.7. The minimum atomic E-state index is -0.476. The second-order valence-electron chi connectivity index (χ2n) is 30.4. The molecule has 2 aliphatic carbocycles. The normalized spacial score (nSPS) is 16.3. The number of nitrogens with one attached hydrogen (secondary N) is 5. The number of benzene rings is 2. The van der Waals surface area contributed by atoms with Gasteiger partial charge in [-0.2, -0.15) is 0 Å². The smallest absolute Gasteiger partial charge is 0.478 e. The predicted octanol–water partition coefficient (Wildman–Crippen LogP) is 19.4. The molecule has 7 aromatic heterocycles. The molecule has 612 valence electrons. The first-order valence-electron chi connectivity index (χ1n) is 38.3. The Bertz CT molecular complexity index is 4690. The highest BCUT2D eigenvalue weighted by Gasteiger charge is 2.64. The van der Waals surface area contributed by atoms with Crippen LogP contribution in [0.3, 0.4) is 0 Å². The number of Topliss-reactive ketones (excluding diaryl/α,β-unsaturated/α-hetero) is 2. The Kier molecular flexibility index (Phi) is 32.7. The van der Waals surface area contributed by atoms with Crippen LogP contribution < -0.4 is 51.0 Å². The lowest BCUT2D eigenvalue weighted by atomic mass is 9.49. The fourth-order valence-corrected chi connectivity index (χ4v) is 13.3. The van der Waals surface area contributed by atoms with Crippen LogP contribution >= 0.6 is 71.8 Å². The van der Waals surface area contributed by atoms with E-state index in [0.29, 0.717) is 62.8 Å². The molecule has 9 aromatic rings. The minimum absolute atomic E-state index is 0. The molecule has 3 aliphatic heterocycles. The number of pyridine rings is 7. The third kappa shape index (κ3) is 23.8. The Morgan fingerprint density at radius 1 is 0.391 bits per heavy atom. The maximum atomic E-state index is 12.4. The van der Waals surface area contributed by atoms with Crippen LogP contribution in [-0.2, 0) is 40.8 Å². The Morgan fingerprint density at radius 3 is 1.13 bits per heavy atom.